The molecule has 164 valence electrons. The van der Waals surface area contributed by atoms with E-state index in [-0.39, 0.29) is 18.0 Å². The highest BCUT2D eigenvalue weighted by Crippen LogP contribution is 2.40. The van der Waals surface area contributed by atoms with Crippen molar-refractivity contribution in [1.29, 1.82) is 0 Å². The summed E-state index contributed by atoms with van der Waals surface area (Å²) in [4.78, 5) is 31.1. The van der Waals surface area contributed by atoms with Crippen LogP contribution in [0.5, 0.6) is 0 Å². The molecule has 32 heavy (non-hydrogen) atoms. The molecule has 2 aliphatic heterocycles. The van der Waals surface area contributed by atoms with Crippen molar-refractivity contribution in [2.45, 2.75) is 24.9 Å². The number of carbonyl (C=O) groups is 1. The minimum absolute atomic E-state index is 0.0453. The van der Waals surface area contributed by atoms with E-state index in [0.29, 0.717) is 17.5 Å². The largest absolute Gasteiger partial charge is 0.368 e. The molecular formula is C23H26N8O. The van der Waals surface area contributed by atoms with Gasteiger partial charge in [-0.15, -0.1) is 0 Å². The van der Waals surface area contributed by atoms with E-state index in [9.17, 15) is 4.79 Å². The number of nitrogens with one attached hydrogen (secondary N) is 2. The van der Waals surface area contributed by atoms with Gasteiger partial charge >= 0.3 is 0 Å². The zero-order valence-electron chi connectivity index (χ0n) is 18.1. The summed E-state index contributed by atoms with van der Waals surface area (Å²) in [5.41, 5.74) is 3.62. The second-order valence-corrected chi connectivity index (χ2v) is 8.91. The highest BCUT2D eigenvalue weighted by Gasteiger charge is 2.40. The number of pyridine rings is 1. The number of nitrogens with zero attached hydrogens (tertiary/aromatic N) is 6. The Morgan fingerprint density at radius 2 is 2.00 bits per heavy atom. The van der Waals surface area contributed by atoms with Crippen LogP contribution in [0.1, 0.15) is 29.4 Å². The zero-order valence-corrected chi connectivity index (χ0v) is 18.1. The molecule has 3 aliphatic rings. The number of anilines is 3. The third-order valence-corrected chi connectivity index (χ3v) is 6.84. The van der Waals surface area contributed by atoms with E-state index >= 15 is 0 Å². The molecule has 9 heteroatoms. The number of piperazine rings is 1. The molecule has 0 aromatic carbocycles. The first-order valence-electron chi connectivity index (χ1n) is 11.1. The fraction of sp³-hybridized carbons (Fsp3) is 0.391. The Bertz CT molecular complexity index is 1210. The van der Waals surface area contributed by atoms with E-state index in [2.05, 4.69) is 50.1 Å². The summed E-state index contributed by atoms with van der Waals surface area (Å²) in [7, 11) is 2.15. The lowest BCUT2D eigenvalue weighted by molar-refractivity contribution is 0.0896. The molecule has 1 amide bonds. The molecule has 0 spiro atoms. The molecule has 3 aromatic rings. The second kappa shape index (κ2) is 7.30. The van der Waals surface area contributed by atoms with E-state index in [0.717, 1.165) is 61.3 Å². The van der Waals surface area contributed by atoms with Gasteiger partial charge in [0.25, 0.3) is 5.91 Å². The maximum atomic E-state index is 12.6. The third-order valence-electron chi connectivity index (χ3n) is 6.84. The monoisotopic (exact) mass is 430 g/mol. The Hall–Kier alpha value is -3.46. The zero-order chi connectivity index (χ0) is 21.8. The van der Waals surface area contributed by atoms with Gasteiger partial charge in [-0.2, -0.15) is 4.98 Å². The Morgan fingerprint density at radius 1 is 1.16 bits per heavy atom. The minimum Gasteiger partial charge on any atom is -0.368 e. The fourth-order valence-corrected chi connectivity index (χ4v) is 5.04. The number of hydrogen-bond acceptors (Lipinski definition) is 7. The first-order valence-corrected chi connectivity index (χ1v) is 11.1. The number of hydrogen-bond donors (Lipinski definition) is 2. The number of aromatic nitrogens is 4. The lowest BCUT2D eigenvalue weighted by Gasteiger charge is -2.33. The summed E-state index contributed by atoms with van der Waals surface area (Å²) in [6.45, 7) is 8.37. The van der Waals surface area contributed by atoms with Crippen LogP contribution < -0.4 is 15.5 Å². The van der Waals surface area contributed by atoms with Crippen LogP contribution in [0.2, 0.25) is 0 Å². The van der Waals surface area contributed by atoms with Crippen LogP contribution in [-0.4, -0.2) is 69.6 Å². The Balaban J connectivity index is 1.28. The summed E-state index contributed by atoms with van der Waals surface area (Å²) in [5, 5.41) is 7.18. The molecule has 5 heterocycles. The van der Waals surface area contributed by atoms with E-state index in [1.54, 1.807) is 6.20 Å². The quantitative estimate of drug-likeness (QED) is 0.616. The minimum atomic E-state index is -0.0605. The molecule has 9 nitrogen and oxygen atoms in total. The molecule has 2 fully saturated rings. The number of fused-ring (bicyclic) bond motifs is 5. The molecule has 6 rings (SSSR count). The lowest BCUT2D eigenvalue weighted by atomic mass is 10.1. The van der Waals surface area contributed by atoms with Crippen LogP contribution in [0.4, 0.5) is 17.5 Å². The van der Waals surface area contributed by atoms with Crippen LogP contribution in [0.25, 0.3) is 11.0 Å². The predicted molar refractivity (Wildman–Crippen MR) is 123 cm³/mol. The lowest BCUT2D eigenvalue weighted by Crippen LogP contribution is -2.45. The van der Waals surface area contributed by atoms with Crippen molar-refractivity contribution in [2.75, 3.05) is 43.4 Å². The molecule has 0 unspecified atom stereocenters. The number of likely N-dealkylation sites (N-methyl/N-ethyl adjacent to an activating group) is 1. The van der Waals surface area contributed by atoms with Crippen molar-refractivity contribution >= 4 is 34.4 Å². The summed E-state index contributed by atoms with van der Waals surface area (Å²) >= 11 is 0. The fourth-order valence-electron chi connectivity index (χ4n) is 5.04. The van der Waals surface area contributed by atoms with Crippen molar-refractivity contribution in [3.05, 3.63) is 48.4 Å². The molecule has 1 saturated carbocycles. The van der Waals surface area contributed by atoms with Gasteiger partial charge in [0.05, 0.1) is 24.0 Å². The van der Waals surface area contributed by atoms with Crippen LogP contribution in [0.3, 0.4) is 0 Å². The molecular weight excluding hydrogens is 404 g/mol. The van der Waals surface area contributed by atoms with Gasteiger partial charge in [0.15, 0.2) is 0 Å². The Labute approximate surface area is 186 Å². The average molecular weight is 431 g/mol. The molecule has 2 N–H and O–H groups in total. The van der Waals surface area contributed by atoms with Gasteiger partial charge in [-0.3, -0.25) is 4.79 Å². The molecule has 1 aliphatic carbocycles. The Morgan fingerprint density at radius 3 is 2.78 bits per heavy atom. The van der Waals surface area contributed by atoms with Gasteiger partial charge in [-0.05, 0) is 38.1 Å². The van der Waals surface area contributed by atoms with E-state index < -0.39 is 0 Å². The smallest absolute Gasteiger partial charge is 0.268 e. The van der Waals surface area contributed by atoms with E-state index in [1.165, 1.54) is 0 Å². The maximum Gasteiger partial charge on any atom is 0.268 e. The SMILES string of the molecule is C=C1CC[C@@H]2NC(=O)c3cc4cnc(Nc5ccc(N6CCN(C)CC6)cn5)nc4n3[C@@H]12. The van der Waals surface area contributed by atoms with Gasteiger partial charge in [0, 0.05) is 37.8 Å². The van der Waals surface area contributed by atoms with Gasteiger partial charge in [-0.1, -0.05) is 12.2 Å². The maximum absolute atomic E-state index is 12.6. The van der Waals surface area contributed by atoms with Crippen LogP contribution >= 0.6 is 0 Å². The third kappa shape index (κ3) is 3.12. The summed E-state index contributed by atoms with van der Waals surface area (Å²) in [5.74, 6) is 1.09. The van der Waals surface area contributed by atoms with Crippen molar-refractivity contribution in [3.63, 3.8) is 0 Å². The molecule has 3 aromatic heterocycles. The number of amides is 1. The predicted octanol–water partition coefficient (Wildman–Crippen LogP) is 2.32. The van der Waals surface area contributed by atoms with Crippen LogP contribution in [-0.2, 0) is 0 Å². The topological polar surface area (TPSA) is 91.2 Å². The van der Waals surface area contributed by atoms with Gasteiger partial charge in [0.2, 0.25) is 5.95 Å². The highest BCUT2D eigenvalue weighted by atomic mass is 16.2. The number of carbonyl (C=O) groups excluding carboxylic acids is 1. The van der Waals surface area contributed by atoms with E-state index in [1.807, 2.05) is 22.9 Å². The molecule has 0 radical (unpaired) electrons. The summed E-state index contributed by atoms with van der Waals surface area (Å²) in [6.07, 6.45) is 5.47. The molecule has 2 atom stereocenters. The van der Waals surface area contributed by atoms with Gasteiger partial charge in [-0.25, -0.2) is 9.97 Å². The van der Waals surface area contributed by atoms with Crippen LogP contribution in [0.15, 0.2) is 42.7 Å². The normalized spacial score (nSPS) is 23.2. The van der Waals surface area contributed by atoms with Crippen molar-refractivity contribution in [3.8, 4) is 0 Å². The molecule has 1 saturated heterocycles. The van der Waals surface area contributed by atoms with Crippen LogP contribution in [0, 0.1) is 0 Å². The highest BCUT2D eigenvalue weighted by molar-refractivity contribution is 5.99. The van der Waals surface area contributed by atoms with E-state index in [4.69, 9.17) is 4.98 Å². The molecule has 0 bridgehead atoms. The second-order valence-electron chi connectivity index (χ2n) is 8.91. The van der Waals surface area contributed by atoms with Crippen molar-refractivity contribution in [1.82, 2.24) is 29.7 Å². The average Bonchev–Trinajstić information content (AvgIpc) is 3.35. The standard InChI is InChI=1S/C23H26N8O/c1-14-3-5-17-20(14)31-18(22(32)26-17)11-15-12-25-23(28-21(15)31)27-19-6-4-16(13-24-19)30-9-7-29(2)8-10-30/h4,6,11-13,17,20H,1,3,5,7-10H2,2H3,(H,26,32)(H,24,25,27,28)/t17-,20-/m0/s1. The summed E-state index contributed by atoms with van der Waals surface area (Å²) < 4.78 is 2.03. The van der Waals surface area contributed by atoms with Crippen molar-refractivity contribution in [2.24, 2.45) is 0 Å². The first-order chi connectivity index (χ1) is 15.6. The first kappa shape index (κ1) is 19.2. The van der Waals surface area contributed by atoms with Gasteiger partial charge in [0.1, 0.15) is 17.2 Å². The Kier molecular flexibility index (Phi) is 4.39. The van der Waals surface area contributed by atoms with Crippen molar-refractivity contribution < 1.29 is 4.79 Å². The summed E-state index contributed by atoms with van der Waals surface area (Å²) in [6, 6.07) is 6.02. The van der Waals surface area contributed by atoms with Gasteiger partial charge < -0.3 is 25.0 Å². The number of rotatable bonds is 3.